The molecule has 0 atom stereocenters. The molecule has 0 radical (unpaired) electrons. The molecule has 0 bridgehead atoms. The molecule has 2 heteroatoms. The summed E-state index contributed by atoms with van der Waals surface area (Å²) in [7, 11) is 0. The normalized spacial score (nSPS) is 13.0. The standard InChI is InChI=1S/C22H32O2/c1-2-3-4-5-6-7-8-9-10-11-12-13-14-15-16-17-18-19-20-21-22(23)24/h3-4,6-7,9-10,12-13,15-16,18-19H,2,5,8,11,14,17,20-21H2,1H3,(H,23,24)/b4-3+,7-6-,10-9+,13-12-,16-15+,19-18+. The molecule has 0 aromatic carbocycles. The molecular weight excluding hydrogens is 296 g/mol. The fraction of sp³-hybridized carbons (Fsp3) is 0.409. The van der Waals surface area contributed by atoms with Gasteiger partial charge in [-0.3, -0.25) is 4.79 Å². The Kier molecular flexibility index (Phi) is 17.3. The van der Waals surface area contributed by atoms with Crippen LogP contribution in [0.1, 0.15) is 58.3 Å². The summed E-state index contributed by atoms with van der Waals surface area (Å²) >= 11 is 0. The number of carboxylic acids is 1. The molecule has 0 heterocycles. The van der Waals surface area contributed by atoms with Crippen molar-refractivity contribution in [1.82, 2.24) is 0 Å². The van der Waals surface area contributed by atoms with Gasteiger partial charge in [-0.1, -0.05) is 79.8 Å². The number of carboxylic acid groups (broad SMARTS) is 1. The van der Waals surface area contributed by atoms with Gasteiger partial charge in [0.1, 0.15) is 0 Å². The van der Waals surface area contributed by atoms with Gasteiger partial charge >= 0.3 is 5.97 Å². The minimum absolute atomic E-state index is 0.210. The van der Waals surface area contributed by atoms with Crippen LogP contribution in [0.3, 0.4) is 0 Å². The summed E-state index contributed by atoms with van der Waals surface area (Å²) < 4.78 is 0. The molecule has 0 aliphatic rings. The van der Waals surface area contributed by atoms with E-state index in [0.717, 1.165) is 38.5 Å². The van der Waals surface area contributed by atoms with E-state index >= 15 is 0 Å². The molecule has 1 N–H and O–H groups in total. The quantitative estimate of drug-likeness (QED) is 0.367. The van der Waals surface area contributed by atoms with Crippen LogP contribution >= 0.6 is 0 Å². The van der Waals surface area contributed by atoms with E-state index in [1.54, 1.807) is 0 Å². The van der Waals surface area contributed by atoms with Gasteiger partial charge < -0.3 is 5.11 Å². The van der Waals surface area contributed by atoms with Crippen LogP contribution in [-0.4, -0.2) is 11.1 Å². The molecule has 0 saturated carbocycles. The fourth-order valence-electron chi connectivity index (χ4n) is 1.85. The minimum atomic E-state index is -0.741. The predicted molar refractivity (Wildman–Crippen MR) is 105 cm³/mol. The lowest BCUT2D eigenvalue weighted by atomic mass is 10.2. The van der Waals surface area contributed by atoms with E-state index in [1.807, 2.05) is 12.2 Å². The molecule has 0 aliphatic carbocycles. The van der Waals surface area contributed by atoms with Crippen molar-refractivity contribution in [1.29, 1.82) is 0 Å². The predicted octanol–water partition coefficient (Wildman–Crippen LogP) is 6.55. The number of hydrogen-bond donors (Lipinski definition) is 1. The summed E-state index contributed by atoms with van der Waals surface area (Å²) in [5, 5.41) is 8.49. The monoisotopic (exact) mass is 328 g/mol. The van der Waals surface area contributed by atoms with Gasteiger partial charge in [-0.05, 0) is 44.9 Å². The molecule has 0 unspecified atom stereocenters. The smallest absolute Gasteiger partial charge is 0.303 e. The fourth-order valence-corrected chi connectivity index (χ4v) is 1.85. The van der Waals surface area contributed by atoms with Crippen molar-refractivity contribution in [3.8, 4) is 0 Å². The van der Waals surface area contributed by atoms with Gasteiger partial charge in [0.15, 0.2) is 0 Å². The first kappa shape index (κ1) is 21.9. The van der Waals surface area contributed by atoms with Crippen LogP contribution in [0.4, 0.5) is 0 Å². The van der Waals surface area contributed by atoms with Crippen LogP contribution in [0.15, 0.2) is 72.9 Å². The zero-order chi connectivity index (χ0) is 17.7. The van der Waals surface area contributed by atoms with Crippen LogP contribution in [0.5, 0.6) is 0 Å². The van der Waals surface area contributed by atoms with Crippen molar-refractivity contribution in [3.63, 3.8) is 0 Å². The molecule has 0 aromatic heterocycles. The first-order chi connectivity index (χ1) is 11.8. The maximum atomic E-state index is 10.3. The Morgan fingerprint density at radius 3 is 1.29 bits per heavy atom. The second-order valence-corrected chi connectivity index (χ2v) is 5.35. The van der Waals surface area contributed by atoms with E-state index in [1.165, 1.54) is 0 Å². The highest BCUT2D eigenvalue weighted by Crippen LogP contribution is 1.97. The average Bonchev–Trinajstić information content (AvgIpc) is 2.56. The Morgan fingerprint density at radius 1 is 0.625 bits per heavy atom. The molecule has 0 fully saturated rings. The number of aliphatic carboxylic acids is 1. The molecular formula is C22H32O2. The highest BCUT2D eigenvalue weighted by molar-refractivity contribution is 5.66. The topological polar surface area (TPSA) is 37.3 Å². The van der Waals surface area contributed by atoms with Gasteiger partial charge in [-0.25, -0.2) is 0 Å². The molecule has 24 heavy (non-hydrogen) atoms. The Hall–Kier alpha value is -2.09. The third-order valence-electron chi connectivity index (χ3n) is 3.12. The maximum absolute atomic E-state index is 10.3. The third kappa shape index (κ3) is 19.9. The lowest BCUT2D eigenvalue weighted by Crippen LogP contribution is -1.91. The third-order valence-corrected chi connectivity index (χ3v) is 3.12. The lowest BCUT2D eigenvalue weighted by molar-refractivity contribution is -0.136. The van der Waals surface area contributed by atoms with Gasteiger partial charge in [-0.15, -0.1) is 0 Å². The van der Waals surface area contributed by atoms with Crippen LogP contribution in [-0.2, 0) is 4.79 Å². The molecule has 0 spiro atoms. The highest BCUT2D eigenvalue weighted by Gasteiger charge is 1.90. The van der Waals surface area contributed by atoms with Crippen molar-refractivity contribution in [2.24, 2.45) is 0 Å². The average molecular weight is 328 g/mol. The van der Waals surface area contributed by atoms with E-state index in [4.69, 9.17) is 5.11 Å². The maximum Gasteiger partial charge on any atom is 0.303 e. The van der Waals surface area contributed by atoms with E-state index in [0.29, 0.717) is 6.42 Å². The largest absolute Gasteiger partial charge is 0.481 e. The zero-order valence-electron chi connectivity index (χ0n) is 14.9. The van der Waals surface area contributed by atoms with E-state index in [9.17, 15) is 4.79 Å². The molecule has 0 rings (SSSR count). The summed E-state index contributed by atoms with van der Waals surface area (Å²) in [5.74, 6) is -0.741. The SMILES string of the molecule is CC/C=C/C/C=C\C/C=C/C/C=C\C/C=C/C/C=C/CCC(=O)O. The summed E-state index contributed by atoms with van der Waals surface area (Å²) in [5.41, 5.74) is 0. The summed E-state index contributed by atoms with van der Waals surface area (Å²) in [4.78, 5) is 10.3. The molecule has 132 valence electrons. The summed E-state index contributed by atoms with van der Waals surface area (Å²) in [6.07, 6.45) is 32.5. The molecule has 0 amide bonds. The first-order valence-electron chi connectivity index (χ1n) is 8.89. The Labute approximate surface area is 147 Å². The van der Waals surface area contributed by atoms with Crippen LogP contribution in [0, 0.1) is 0 Å². The van der Waals surface area contributed by atoms with Gasteiger partial charge in [-0.2, -0.15) is 0 Å². The molecule has 0 aliphatic heterocycles. The van der Waals surface area contributed by atoms with E-state index in [2.05, 4.69) is 67.7 Å². The second-order valence-electron chi connectivity index (χ2n) is 5.35. The van der Waals surface area contributed by atoms with Crippen LogP contribution in [0.2, 0.25) is 0 Å². The highest BCUT2D eigenvalue weighted by atomic mass is 16.4. The lowest BCUT2D eigenvalue weighted by Gasteiger charge is -1.87. The summed E-state index contributed by atoms with van der Waals surface area (Å²) in [6, 6.07) is 0. The Bertz CT molecular complexity index is 462. The number of allylic oxidation sites excluding steroid dienone is 12. The molecule has 0 saturated heterocycles. The van der Waals surface area contributed by atoms with E-state index < -0.39 is 5.97 Å². The van der Waals surface area contributed by atoms with Crippen LogP contribution in [0.25, 0.3) is 0 Å². The minimum Gasteiger partial charge on any atom is -0.481 e. The molecule has 0 aromatic rings. The van der Waals surface area contributed by atoms with Crippen molar-refractivity contribution < 1.29 is 9.90 Å². The number of rotatable bonds is 14. The van der Waals surface area contributed by atoms with Crippen molar-refractivity contribution in [3.05, 3.63) is 72.9 Å². The van der Waals surface area contributed by atoms with Crippen molar-refractivity contribution >= 4 is 5.97 Å². The number of carbonyl (C=O) groups is 1. The Balaban J connectivity index is 3.51. The van der Waals surface area contributed by atoms with E-state index in [-0.39, 0.29) is 6.42 Å². The zero-order valence-corrected chi connectivity index (χ0v) is 14.9. The Morgan fingerprint density at radius 2 is 0.958 bits per heavy atom. The second kappa shape index (κ2) is 19.0. The first-order valence-corrected chi connectivity index (χ1v) is 8.89. The van der Waals surface area contributed by atoms with Crippen molar-refractivity contribution in [2.45, 2.75) is 58.3 Å². The number of hydrogen-bond acceptors (Lipinski definition) is 1. The van der Waals surface area contributed by atoms with Gasteiger partial charge in [0.05, 0.1) is 0 Å². The van der Waals surface area contributed by atoms with Gasteiger partial charge in [0.25, 0.3) is 0 Å². The van der Waals surface area contributed by atoms with Crippen molar-refractivity contribution in [2.75, 3.05) is 0 Å². The summed E-state index contributed by atoms with van der Waals surface area (Å²) in [6.45, 7) is 2.15. The van der Waals surface area contributed by atoms with Gasteiger partial charge in [0, 0.05) is 6.42 Å². The molecule has 2 nitrogen and oxygen atoms in total. The van der Waals surface area contributed by atoms with Crippen LogP contribution < -0.4 is 0 Å². The van der Waals surface area contributed by atoms with Gasteiger partial charge in [0.2, 0.25) is 0 Å².